The van der Waals surface area contributed by atoms with Gasteiger partial charge in [-0.1, -0.05) is 11.6 Å². The van der Waals surface area contributed by atoms with E-state index in [2.05, 4.69) is 15.0 Å². The average molecular weight is 600 g/mol. The third-order valence-electron chi connectivity index (χ3n) is 6.57. The van der Waals surface area contributed by atoms with E-state index in [1.807, 2.05) is 6.07 Å². The van der Waals surface area contributed by atoms with Crippen LogP contribution in [0.25, 0.3) is 32.2 Å². The maximum atomic E-state index is 13.3. The van der Waals surface area contributed by atoms with E-state index < -0.39 is 17.8 Å². The molecule has 0 saturated carbocycles. The molecule has 41 heavy (non-hydrogen) atoms. The third kappa shape index (κ3) is 5.24. The van der Waals surface area contributed by atoms with Gasteiger partial charge in [0.1, 0.15) is 29.8 Å². The fraction of sp³-hybridized carbons (Fsp3) is 0.250. The largest absolute Gasteiger partial charge is 0.491 e. The summed E-state index contributed by atoms with van der Waals surface area (Å²) in [5.41, 5.74) is 1.84. The van der Waals surface area contributed by atoms with Crippen LogP contribution >= 0.6 is 22.9 Å². The van der Waals surface area contributed by atoms with Gasteiger partial charge in [-0.05, 0) is 50.4 Å². The first kappa shape index (κ1) is 28.5. The number of ether oxygens (including phenoxy) is 1. The quantitative estimate of drug-likeness (QED) is 0.247. The van der Waals surface area contributed by atoms with Crippen molar-refractivity contribution in [1.82, 2.24) is 19.5 Å². The molecule has 0 aliphatic rings. The van der Waals surface area contributed by atoms with Crippen LogP contribution in [-0.4, -0.2) is 37.4 Å². The number of fused-ring (bicyclic) bond motifs is 2. The maximum absolute atomic E-state index is 13.3. The van der Waals surface area contributed by atoms with Crippen molar-refractivity contribution in [2.75, 3.05) is 6.61 Å². The number of nitrogens with zero attached hydrogens (tertiary/aromatic N) is 5. The smallest absolute Gasteiger partial charge is 0.418 e. The van der Waals surface area contributed by atoms with Crippen molar-refractivity contribution in [1.29, 1.82) is 5.26 Å². The number of pyridine rings is 2. The fourth-order valence-corrected chi connectivity index (χ4v) is 5.84. The molecule has 0 fully saturated rings. The molecule has 0 bridgehead atoms. The number of nitriles is 1. The van der Waals surface area contributed by atoms with Gasteiger partial charge in [-0.15, -0.1) is 11.3 Å². The van der Waals surface area contributed by atoms with E-state index in [0.717, 1.165) is 11.3 Å². The highest BCUT2D eigenvalue weighted by atomic mass is 35.5. The normalized spacial score (nSPS) is 12.6. The van der Waals surface area contributed by atoms with E-state index in [9.17, 15) is 28.3 Å². The summed E-state index contributed by atoms with van der Waals surface area (Å²) in [7, 11) is 0. The summed E-state index contributed by atoms with van der Waals surface area (Å²) in [5, 5.41) is 21.2. The Labute approximate surface area is 240 Å². The number of aliphatic hydroxyl groups is 1. The van der Waals surface area contributed by atoms with Crippen LogP contribution in [0.5, 0.6) is 5.75 Å². The van der Waals surface area contributed by atoms with Crippen molar-refractivity contribution >= 4 is 44.1 Å². The lowest BCUT2D eigenvalue weighted by Crippen LogP contribution is -2.27. The predicted molar refractivity (Wildman–Crippen MR) is 149 cm³/mol. The van der Waals surface area contributed by atoms with Gasteiger partial charge in [0, 0.05) is 33.6 Å². The molecule has 1 aromatic carbocycles. The van der Waals surface area contributed by atoms with E-state index >= 15 is 0 Å². The van der Waals surface area contributed by atoms with Crippen molar-refractivity contribution in [3.05, 3.63) is 79.6 Å². The second-order valence-corrected chi connectivity index (χ2v) is 10.6. The van der Waals surface area contributed by atoms with Crippen LogP contribution in [0.15, 0.2) is 40.6 Å². The zero-order chi connectivity index (χ0) is 29.6. The highest BCUT2D eigenvalue weighted by Gasteiger charge is 2.41. The van der Waals surface area contributed by atoms with E-state index in [4.69, 9.17) is 16.3 Å². The molecule has 4 heterocycles. The third-order valence-corrected chi connectivity index (χ3v) is 7.82. The van der Waals surface area contributed by atoms with Gasteiger partial charge >= 0.3 is 6.18 Å². The molecule has 0 radical (unpaired) electrons. The molecule has 4 aromatic heterocycles. The molecule has 13 heteroatoms. The van der Waals surface area contributed by atoms with Gasteiger partial charge in [0.05, 0.1) is 33.4 Å². The van der Waals surface area contributed by atoms with E-state index in [-0.39, 0.29) is 35.2 Å². The number of aryl methyl sites for hydroxylation is 3. The summed E-state index contributed by atoms with van der Waals surface area (Å²) in [6.07, 6.45) is -6.18. The first-order chi connectivity index (χ1) is 19.4. The summed E-state index contributed by atoms with van der Waals surface area (Å²) in [6, 6.07) is 8.58. The summed E-state index contributed by atoms with van der Waals surface area (Å²) in [4.78, 5) is 26.3. The molecule has 0 saturated heterocycles. The van der Waals surface area contributed by atoms with Gasteiger partial charge in [-0.25, -0.2) is 4.98 Å². The SMILES string of the molecule is Cc1cc(-c2cc(Cl)ccc2OCCn2c(C)nc3c(C)ncc(C#N)c3c2=O)c2scc(C(O)C(F)(F)F)c2n1. The molecule has 8 nitrogen and oxygen atoms in total. The van der Waals surface area contributed by atoms with E-state index in [1.54, 1.807) is 45.0 Å². The molecule has 1 N–H and O–H groups in total. The zero-order valence-electron chi connectivity index (χ0n) is 21.9. The standard InChI is InChI=1S/C28H21ClF3N5O3S/c1-13-8-19(25-24(35-13)20(12-41-25)26(38)28(30,31)32)18-9-17(29)4-5-21(18)40-7-6-37-15(3)36-23-14(2)34-11-16(10-33)22(23)27(37)39/h4-5,8-9,11-12,26,38H,6-7H2,1-3H3. The molecule has 0 aliphatic carbocycles. The van der Waals surface area contributed by atoms with Crippen molar-refractivity contribution < 1.29 is 23.0 Å². The van der Waals surface area contributed by atoms with Gasteiger partial charge < -0.3 is 9.84 Å². The molecule has 5 aromatic rings. The number of aliphatic hydroxyl groups excluding tert-OH is 1. The Bertz CT molecular complexity index is 1930. The Kier molecular flexibility index (Phi) is 7.46. The molecule has 1 unspecified atom stereocenters. The van der Waals surface area contributed by atoms with Crippen LogP contribution in [0, 0.1) is 32.1 Å². The van der Waals surface area contributed by atoms with Gasteiger partial charge in [-0.2, -0.15) is 18.4 Å². The Morgan fingerprint density at radius 2 is 1.93 bits per heavy atom. The molecular formula is C28H21ClF3N5O3S. The van der Waals surface area contributed by atoms with Gasteiger partial charge in [-0.3, -0.25) is 19.3 Å². The molecule has 1 atom stereocenters. The fourth-order valence-electron chi connectivity index (χ4n) is 4.61. The number of halogens is 4. The van der Waals surface area contributed by atoms with Crippen LogP contribution in [0.1, 0.15) is 34.4 Å². The van der Waals surface area contributed by atoms with E-state index in [0.29, 0.717) is 49.3 Å². The lowest BCUT2D eigenvalue weighted by molar-refractivity contribution is -0.206. The van der Waals surface area contributed by atoms with Gasteiger partial charge in [0.25, 0.3) is 5.56 Å². The van der Waals surface area contributed by atoms with Crippen LogP contribution in [0.3, 0.4) is 0 Å². The molecule has 0 spiro atoms. The Morgan fingerprint density at radius 1 is 1.17 bits per heavy atom. The molecular weight excluding hydrogens is 579 g/mol. The van der Waals surface area contributed by atoms with E-state index in [1.165, 1.54) is 16.1 Å². The number of hydrogen-bond acceptors (Lipinski definition) is 8. The van der Waals surface area contributed by atoms with Crippen molar-refractivity contribution in [2.24, 2.45) is 0 Å². The average Bonchev–Trinajstić information content (AvgIpc) is 3.33. The highest BCUT2D eigenvalue weighted by molar-refractivity contribution is 7.18. The minimum Gasteiger partial charge on any atom is -0.491 e. The lowest BCUT2D eigenvalue weighted by atomic mass is 10.0. The minimum atomic E-state index is -4.85. The number of hydrogen-bond donors (Lipinski definition) is 1. The van der Waals surface area contributed by atoms with Crippen LogP contribution < -0.4 is 10.3 Å². The molecule has 210 valence electrons. The molecule has 0 amide bonds. The zero-order valence-corrected chi connectivity index (χ0v) is 23.4. The van der Waals surface area contributed by atoms with Crippen LogP contribution in [-0.2, 0) is 6.54 Å². The highest BCUT2D eigenvalue weighted by Crippen LogP contribution is 2.44. The van der Waals surface area contributed by atoms with Crippen molar-refractivity contribution in [2.45, 2.75) is 39.6 Å². The second kappa shape index (κ2) is 10.7. The topological polar surface area (TPSA) is 114 Å². The van der Waals surface area contributed by atoms with Crippen LogP contribution in [0.2, 0.25) is 5.02 Å². The lowest BCUT2D eigenvalue weighted by Gasteiger charge is -2.16. The monoisotopic (exact) mass is 599 g/mol. The van der Waals surface area contributed by atoms with Gasteiger partial charge in [0.2, 0.25) is 0 Å². The number of aromatic nitrogens is 4. The Hall–Kier alpha value is -4.05. The summed E-state index contributed by atoms with van der Waals surface area (Å²) >= 11 is 7.33. The Morgan fingerprint density at radius 3 is 2.63 bits per heavy atom. The van der Waals surface area contributed by atoms with Crippen LogP contribution in [0.4, 0.5) is 13.2 Å². The molecule has 5 rings (SSSR count). The number of rotatable bonds is 6. The first-order valence-corrected chi connectivity index (χ1v) is 13.5. The summed E-state index contributed by atoms with van der Waals surface area (Å²) in [5.74, 6) is 0.799. The maximum Gasteiger partial charge on any atom is 0.418 e. The summed E-state index contributed by atoms with van der Waals surface area (Å²) in [6.45, 7) is 5.16. The predicted octanol–water partition coefficient (Wildman–Crippen LogP) is 6.19. The number of alkyl halides is 3. The van der Waals surface area contributed by atoms with Crippen molar-refractivity contribution in [3.63, 3.8) is 0 Å². The number of thiophene rings is 1. The minimum absolute atomic E-state index is 0.0319. The number of benzene rings is 1. The van der Waals surface area contributed by atoms with Crippen molar-refractivity contribution in [3.8, 4) is 22.9 Å². The Balaban J connectivity index is 1.52. The molecule has 0 aliphatic heterocycles. The summed E-state index contributed by atoms with van der Waals surface area (Å²) < 4.78 is 47.8. The first-order valence-electron chi connectivity index (χ1n) is 12.2. The second-order valence-electron chi connectivity index (χ2n) is 9.32. The van der Waals surface area contributed by atoms with Gasteiger partial charge in [0.15, 0.2) is 6.10 Å².